The number of benzene rings is 1. The van der Waals surface area contributed by atoms with E-state index in [-0.39, 0.29) is 18.5 Å². The summed E-state index contributed by atoms with van der Waals surface area (Å²) in [5, 5.41) is 16.3. The summed E-state index contributed by atoms with van der Waals surface area (Å²) in [6, 6.07) is 6.00. The van der Waals surface area contributed by atoms with Crippen molar-refractivity contribution in [1.29, 1.82) is 0 Å². The van der Waals surface area contributed by atoms with Gasteiger partial charge in [-0.3, -0.25) is 0 Å². The summed E-state index contributed by atoms with van der Waals surface area (Å²) in [5.41, 5.74) is 1.12. The summed E-state index contributed by atoms with van der Waals surface area (Å²) in [7, 11) is 1.67. The number of ether oxygens (including phenoxy) is 1. The highest BCUT2D eigenvalue weighted by Gasteiger charge is 2.24. The number of aliphatic hydroxyl groups is 1. The summed E-state index contributed by atoms with van der Waals surface area (Å²) in [6.07, 6.45) is -0.234. The highest BCUT2D eigenvalue weighted by Crippen LogP contribution is 2.28. The van der Waals surface area contributed by atoms with E-state index in [1.165, 1.54) is 0 Å². The third kappa shape index (κ3) is 4.33. The predicted octanol–water partition coefficient (Wildman–Crippen LogP) is 1.55. The standard InChI is InChI=1S/C13H19BrN2O2.ClH/c1-18-13-9(3-2-4-11(13)14)5-15-6-10-7-16-8-12(10)17;/h2-4,10,12,15-17H,5-8H2,1H3;1H. The summed E-state index contributed by atoms with van der Waals surface area (Å²) in [5.74, 6) is 1.17. The largest absolute Gasteiger partial charge is 0.495 e. The van der Waals surface area contributed by atoms with E-state index in [1.807, 2.05) is 18.2 Å². The maximum absolute atomic E-state index is 9.70. The molecule has 0 amide bonds. The summed E-state index contributed by atoms with van der Waals surface area (Å²) < 4.78 is 6.34. The second kappa shape index (κ2) is 8.07. The van der Waals surface area contributed by atoms with E-state index in [0.717, 1.165) is 35.4 Å². The van der Waals surface area contributed by atoms with Gasteiger partial charge < -0.3 is 20.5 Å². The molecule has 1 aromatic carbocycles. The first-order chi connectivity index (χ1) is 8.72. The van der Waals surface area contributed by atoms with Crippen LogP contribution in [0, 0.1) is 5.92 Å². The van der Waals surface area contributed by atoms with Crippen molar-refractivity contribution in [3.05, 3.63) is 28.2 Å². The Kier molecular flexibility index (Phi) is 7.10. The van der Waals surface area contributed by atoms with Crippen LogP contribution >= 0.6 is 28.3 Å². The highest BCUT2D eigenvalue weighted by molar-refractivity contribution is 9.10. The Bertz CT molecular complexity index is 406. The first kappa shape index (κ1) is 16.7. The van der Waals surface area contributed by atoms with Crippen molar-refractivity contribution in [3.8, 4) is 5.75 Å². The van der Waals surface area contributed by atoms with E-state index in [9.17, 15) is 5.11 Å². The minimum absolute atomic E-state index is 0. The molecular weight excluding hydrogens is 332 g/mol. The number of halogens is 2. The molecule has 1 aromatic rings. The van der Waals surface area contributed by atoms with Gasteiger partial charge in [0.15, 0.2) is 0 Å². The minimum Gasteiger partial charge on any atom is -0.495 e. The van der Waals surface area contributed by atoms with Crippen LogP contribution in [0.5, 0.6) is 5.75 Å². The van der Waals surface area contributed by atoms with Gasteiger partial charge in [-0.1, -0.05) is 12.1 Å². The number of aliphatic hydroxyl groups excluding tert-OH is 1. The smallest absolute Gasteiger partial charge is 0.137 e. The fourth-order valence-electron chi connectivity index (χ4n) is 2.24. The van der Waals surface area contributed by atoms with Crippen LogP contribution in [0.15, 0.2) is 22.7 Å². The molecular formula is C13H20BrClN2O2. The number of hydrogen-bond acceptors (Lipinski definition) is 4. The van der Waals surface area contributed by atoms with E-state index >= 15 is 0 Å². The van der Waals surface area contributed by atoms with E-state index in [1.54, 1.807) is 7.11 Å². The van der Waals surface area contributed by atoms with E-state index in [0.29, 0.717) is 12.5 Å². The SMILES string of the molecule is COc1c(Br)cccc1CNCC1CNCC1O.Cl. The molecule has 0 bridgehead atoms. The third-order valence-corrected chi connectivity index (χ3v) is 3.90. The lowest BCUT2D eigenvalue weighted by Crippen LogP contribution is -2.30. The van der Waals surface area contributed by atoms with Crippen molar-refractivity contribution in [2.24, 2.45) is 5.92 Å². The highest BCUT2D eigenvalue weighted by atomic mass is 79.9. The molecule has 1 fully saturated rings. The third-order valence-electron chi connectivity index (χ3n) is 3.28. The lowest BCUT2D eigenvalue weighted by atomic mass is 10.1. The fourth-order valence-corrected chi connectivity index (χ4v) is 2.81. The maximum atomic E-state index is 9.70. The molecule has 1 aliphatic rings. The lowest BCUT2D eigenvalue weighted by molar-refractivity contribution is 0.146. The van der Waals surface area contributed by atoms with Gasteiger partial charge in [-0.2, -0.15) is 0 Å². The monoisotopic (exact) mass is 350 g/mol. The van der Waals surface area contributed by atoms with Gasteiger partial charge in [0.25, 0.3) is 0 Å². The van der Waals surface area contributed by atoms with E-state index in [2.05, 4.69) is 26.6 Å². The molecule has 1 saturated heterocycles. The average Bonchev–Trinajstić information content (AvgIpc) is 2.75. The quantitative estimate of drug-likeness (QED) is 0.753. The van der Waals surface area contributed by atoms with Gasteiger partial charge >= 0.3 is 0 Å². The molecule has 0 aliphatic carbocycles. The number of para-hydroxylation sites is 1. The number of hydrogen-bond donors (Lipinski definition) is 3. The van der Waals surface area contributed by atoms with Crippen LogP contribution in [0.3, 0.4) is 0 Å². The molecule has 4 nitrogen and oxygen atoms in total. The van der Waals surface area contributed by atoms with Gasteiger partial charge in [-0.25, -0.2) is 0 Å². The Morgan fingerprint density at radius 3 is 2.89 bits per heavy atom. The Hall–Kier alpha value is -0.330. The van der Waals surface area contributed by atoms with Crippen LogP contribution in [0.4, 0.5) is 0 Å². The number of rotatable bonds is 5. The molecule has 0 saturated carbocycles. The minimum atomic E-state index is -0.234. The van der Waals surface area contributed by atoms with Crippen LogP contribution in [0.1, 0.15) is 5.56 Å². The van der Waals surface area contributed by atoms with Gasteiger partial charge in [0.05, 0.1) is 17.7 Å². The molecule has 6 heteroatoms. The second-order valence-electron chi connectivity index (χ2n) is 4.55. The maximum Gasteiger partial charge on any atom is 0.137 e. The molecule has 1 heterocycles. The van der Waals surface area contributed by atoms with Crippen molar-refractivity contribution in [2.75, 3.05) is 26.7 Å². The van der Waals surface area contributed by atoms with Gasteiger partial charge in [0.1, 0.15) is 5.75 Å². The average molecular weight is 352 g/mol. The normalized spacial score (nSPS) is 22.1. The van der Waals surface area contributed by atoms with Crippen LogP contribution in [-0.4, -0.2) is 38.0 Å². The van der Waals surface area contributed by atoms with Crippen molar-refractivity contribution < 1.29 is 9.84 Å². The molecule has 108 valence electrons. The number of nitrogens with one attached hydrogen (secondary N) is 2. The van der Waals surface area contributed by atoms with Gasteiger partial charge in [0.2, 0.25) is 0 Å². The molecule has 2 rings (SSSR count). The second-order valence-corrected chi connectivity index (χ2v) is 5.40. The van der Waals surface area contributed by atoms with Crippen LogP contribution in [-0.2, 0) is 6.54 Å². The molecule has 2 unspecified atom stereocenters. The molecule has 0 aromatic heterocycles. The number of methoxy groups -OCH3 is 1. The van der Waals surface area contributed by atoms with E-state index in [4.69, 9.17) is 4.74 Å². The van der Waals surface area contributed by atoms with Crippen LogP contribution in [0.25, 0.3) is 0 Å². The van der Waals surface area contributed by atoms with Crippen LogP contribution in [0.2, 0.25) is 0 Å². The molecule has 0 radical (unpaired) electrons. The molecule has 3 N–H and O–H groups in total. The molecule has 2 atom stereocenters. The van der Waals surface area contributed by atoms with Crippen molar-refractivity contribution in [1.82, 2.24) is 10.6 Å². The summed E-state index contributed by atoms with van der Waals surface area (Å²) in [4.78, 5) is 0. The topological polar surface area (TPSA) is 53.5 Å². The number of β-amino-alcohol motifs (C(OH)–C–C–N with tert-alkyl or cyclic N) is 1. The lowest BCUT2D eigenvalue weighted by Gasteiger charge is -2.15. The van der Waals surface area contributed by atoms with Gasteiger partial charge in [-0.05, 0) is 22.0 Å². The van der Waals surface area contributed by atoms with Crippen molar-refractivity contribution in [2.45, 2.75) is 12.6 Å². The zero-order valence-corrected chi connectivity index (χ0v) is 13.3. The zero-order valence-electron chi connectivity index (χ0n) is 10.9. The first-order valence-corrected chi connectivity index (χ1v) is 6.92. The zero-order chi connectivity index (χ0) is 13.0. The molecule has 0 spiro atoms. The van der Waals surface area contributed by atoms with Gasteiger partial charge in [0, 0.05) is 37.7 Å². The molecule has 19 heavy (non-hydrogen) atoms. The first-order valence-electron chi connectivity index (χ1n) is 6.13. The Labute approximate surface area is 128 Å². The summed E-state index contributed by atoms with van der Waals surface area (Å²) >= 11 is 3.47. The Morgan fingerprint density at radius 1 is 1.47 bits per heavy atom. The van der Waals surface area contributed by atoms with Gasteiger partial charge in [-0.15, -0.1) is 12.4 Å². The van der Waals surface area contributed by atoms with Crippen LogP contribution < -0.4 is 15.4 Å². The Morgan fingerprint density at radius 2 is 2.26 bits per heavy atom. The predicted molar refractivity (Wildman–Crippen MR) is 82.0 cm³/mol. The van der Waals surface area contributed by atoms with Crippen molar-refractivity contribution in [3.63, 3.8) is 0 Å². The van der Waals surface area contributed by atoms with Crippen molar-refractivity contribution >= 4 is 28.3 Å². The fraction of sp³-hybridized carbons (Fsp3) is 0.538. The summed E-state index contributed by atoms with van der Waals surface area (Å²) in [6.45, 7) is 3.13. The van der Waals surface area contributed by atoms with E-state index < -0.39 is 0 Å². The molecule has 1 aliphatic heterocycles. The Balaban J connectivity index is 0.00000180.